The van der Waals surface area contributed by atoms with Gasteiger partial charge in [-0.05, 0) is 25.7 Å². The van der Waals surface area contributed by atoms with Gasteiger partial charge in [0.05, 0.1) is 6.10 Å². The van der Waals surface area contributed by atoms with E-state index in [0.717, 1.165) is 38.9 Å². The van der Waals surface area contributed by atoms with Crippen molar-refractivity contribution in [1.82, 2.24) is 5.32 Å². The number of rotatable bonds is 2. The molecular weight excluding hydrogens is 178 g/mol. The van der Waals surface area contributed by atoms with Crippen LogP contribution >= 0.6 is 0 Å². The van der Waals surface area contributed by atoms with Gasteiger partial charge in [-0.2, -0.15) is 0 Å². The van der Waals surface area contributed by atoms with Crippen LogP contribution in [0.25, 0.3) is 0 Å². The molecule has 0 bridgehead atoms. The summed E-state index contributed by atoms with van der Waals surface area (Å²) < 4.78 is 5.31. The van der Waals surface area contributed by atoms with Gasteiger partial charge in [-0.25, -0.2) is 0 Å². The number of hydrogen-bond donors (Lipinski definition) is 2. The Balaban J connectivity index is 1.76. The molecule has 2 rings (SSSR count). The Labute approximate surface area is 85.8 Å². The van der Waals surface area contributed by atoms with Crippen molar-refractivity contribution in [1.29, 1.82) is 0 Å². The third kappa shape index (κ3) is 2.69. The average molecular weight is 199 g/mol. The summed E-state index contributed by atoms with van der Waals surface area (Å²) in [5.41, 5.74) is 0. The standard InChI is InChI=1S/C11H21NO2/c13-11-4-2-1-3-10(11)12-9-5-7-14-8-6-9/h9-13H,1-8H2/t10-,11-/m1/s1. The van der Waals surface area contributed by atoms with Gasteiger partial charge in [0.2, 0.25) is 0 Å². The second kappa shape index (κ2) is 5.10. The van der Waals surface area contributed by atoms with Crippen molar-refractivity contribution in [3.8, 4) is 0 Å². The first-order valence-corrected chi connectivity index (χ1v) is 5.88. The summed E-state index contributed by atoms with van der Waals surface area (Å²) in [6.45, 7) is 1.75. The number of nitrogens with one attached hydrogen (secondary N) is 1. The van der Waals surface area contributed by atoms with Crippen molar-refractivity contribution in [2.75, 3.05) is 13.2 Å². The number of hydrogen-bond acceptors (Lipinski definition) is 3. The average Bonchev–Trinajstić information content (AvgIpc) is 2.23. The normalized spacial score (nSPS) is 35.8. The van der Waals surface area contributed by atoms with E-state index in [9.17, 15) is 5.11 Å². The van der Waals surface area contributed by atoms with Crippen LogP contribution in [0.3, 0.4) is 0 Å². The zero-order chi connectivity index (χ0) is 9.80. The maximum absolute atomic E-state index is 9.81. The Bertz CT molecular complexity index is 169. The maximum Gasteiger partial charge on any atom is 0.0693 e. The summed E-state index contributed by atoms with van der Waals surface area (Å²) in [5, 5.41) is 13.4. The summed E-state index contributed by atoms with van der Waals surface area (Å²) in [5.74, 6) is 0. The highest BCUT2D eigenvalue weighted by atomic mass is 16.5. The van der Waals surface area contributed by atoms with Gasteiger partial charge in [-0.15, -0.1) is 0 Å². The molecule has 1 saturated heterocycles. The van der Waals surface area contributed by atoms with E-state index in [1.54, 1.807) is 0 Å². The highest BCUT2D eigenvalue weighted by Crippen LogP contribution is 2.20. The van der Waals surface area contributed by atoms with E-state index in [0.29, 0.717) is 12.1 Å². The fourth-order valence-corrected chi connectivity index (χ4v) is 2.47. The summed E-state index contributed by atoms with van der Waals surface area (Å²) >= 11 is 0. The van der Waals surface area contributed by atoms with Crippen LogP contribution in [0.1, 0.15) is 38.5 Å². The van der Waals surface area contributed by atoms with Crippen molar-refractivity contribution in [3.63, 3.8) is 0 Å². The van der Waals surface area contributed by atoms with Crippen LogP contribution in [0.2, 0.25) is 0 Å². The molecule has 3 heteroatoms. The third-order valence-corrected chi connectivity index (χ3v) is 3.40. The van der Waals surface area contributed by atoms with E-state index >= 15 is 0 Å². The zero-order valence-electron chi connectivity index (χ0n) is 8.74. The van der Waals surface area contributed by atoms with Gasteiger partial charge in [-0.3, -0.25) is 0 Å². The van der Waals surface area contributed by atoms with Crippen molar-refractivity contribution in [2.24, 2.45) is 0 Å². The molecule has 0 aromatic heterocycles. The van der Waals surface area contributed by atoms with Crippen LogP contribution in [-0.4, -0.2) is 36.5 Å². The van der Waals surface area contributed by atoms with E-state index in [2.05, 4.69) is 5.32 Å². The fourth-order valence-electron chi connectivity index (χ4n) is 2.47. The molecular formula is C11H21NO2. The molecule has 82 valence electrons. The van der Waals surface area contributed by atoms with Crippen LogP contribution in [0, 0.1) is 0 Å². The molecule has 1 aliphatic carbocycles. The number of ether oxygens (including phenoxy) is 1. The monoisotopic (exact) mass is 199 g/mol. The molecule has 1 heterocycles. The lowest BCUT2D eigenvalue weighted by molar-refractivity contribution is 0.0487. The van der Waals surface area contributed by atoms with E-state index in [-0.39, 0.29) is 6.10 Å². The highest BCUT2D eigenvalue weighted by Gasteiger charge is 2.25. The van der Waals surface area contributed by atoms with Crippen molar-refractivity contribution in [2.45, 2.75) is 56.7 Å². The van der Waals surface area contributed by atoms with Crippen LogP contribution in [-0.2, 0) is 4.74 Å². The van der Waals surface area contributed by atoms with E-state index in [1.165, 1.54) is 12.8 Å². The Hall–Kier alpha value is -0.120. The Kier molecular flexibility index (Phi) is 3.79. The second-order valence-corrected chi connectivity index (χ2v) is 4.51. The van der Waals surface area contributed by atoms with Crippen LogP contribution in [0.15, 0.2) is 0 Å². The molecule has 0 spiro atoms. The van der Waals surface area contributed by atoms with Gasteiger partial charge >= 0.3 is 0 Å². The molecule has 0 amide bonds. The Morgan fingerprint density at radius 3 is 2.43 bits per heavy atom. The molecule has 1 saturated carbocycles. The van der Waals surface area contributed by atoms with E-state index in [1.807, 2.05) is 0 Å². The van der Waals surface area contributed by atoms with Gasteiger partial charge in [0.25, 0.3) is 0 Å². The summed E-state index contributed by atoms with van der Waals surface area (Å²) in [7, 11) is 0. The third-order valence-electron chi connectivity index (χ3n) is 3.40. The first-order valence-electron chi connectivity index (χ1n) is 5.88. The van der Waals surface area contributed by atoms with Crippen molar-refractivity contribution < 1.29 is 9.84 Å². The minimum absolute atomic E-state index is 0.119. The number of aliphatic hydroxyl groups excluding tert-OH is 1. The van der Waals surface area contributed by atoms with Crippen LogP contribution in [0.5, 0.6) is 0 Å². The fraction of sp³-hybridized carbons (Fsp3) is 1.00. The largest absolute Gasteiger partial charge is 0.392 e. The molecule has 0 aromatic carbocycles. The van der Waals surface area contributed by atoms with Gasteiger partial charge in [-0.1, -0.05) is 12.8 Å². The van der Waals surface area contributed by atoms with Gasteiger partial charge < -0.3 is 15.2 Å². The minimum atomic E-state index is -0.119. The number of aliphatic hydroxyl groups is 1. The zero-order valence-corrected chi connectivity index (χ0v) is 8.74. The predicted octanol–water partition coefficient (Wildman–Crippen LogP) is 1.06. The van der Waals surface area contributed by atoms with E-state index < -0.39 is 0 Å². The first-order chi connectivity index (χ1) is 6.86. The molecule has 0 unspecified atom stereocenters. The van der Waals surface area contributed by atoms with Gasteiger partial charge in [0, 0.05) is 25.3 Å². The molecule has 3 nitrogen and oxygen atoms in total. The highest BCUT2D eigenvalue weighted by molar-refractivity contribution is 4.84. The van der Waals surface area contributed by atoms with Crippen LogP contribution in [0.4, 0.5) is 0 Å². The SMILES string of the molecule is O[C@@H]1CCCC[C@H]1NC1CCOCC1. The van der Waals surface area contributed by atoms with E-state index in [4.69, 9.17) is 4.74 Å². The minimum Gasteiger partial charge on any atom is -0.392 e. The van der Waals surface area contributed by atoms with Gasteiger partial charge in [0.15, 0.2) is 0 Å². The Morgan fingerprint density at radius 1 is 1.00 bits per heavy atom. The molecule has 0 radical (unpaired) electrons. The molecule has 2 fully saturated rings. The molecule has 14 heavy (non-hydrogen) atoms. The molecule has 0 aromatic rings. The van der Waals surface area contributed by atoms with Crippen LogP contribution < -0.4 is 5.32 Å². The quantitative estimate of drug-likeness (QED) is 0.698. The lowest BCUT2D eigenvalue weighted by atomic mass is 9.91. The summed E-state index contributed by atoms with van der Waals surface area (Å²) in [6.07, 6.45) is 6.64. The lowest BCUT2D eigenvalue weighted by Crippen LogP contribution is -2.48. The molecule has 2 aliphatic rings. The van der Waals surface area contributed by atoms with Crippen molar-refractivity contribution in [3.05, 3.63) is 0 Å². The molecule has 1 aliphatic heterocycles. The predicted molar refractivity (Wildman–Crippen MR) is 55.2 cm³/mol. The summed E-state index contributed by atoms with van der Waals surface area (Å²) in [4.78, 5) is 0. The lowest BCUT2D eigenvalue weighted by Gasteiger charge is -2.33. The maximum atomic E-state index is 9.81. The first kappa shape index (κ1) is 10.4. The molecule has 2 atom stereocenters. The van der Waals surface area contributed by atoms with Crippen molar-refractivity contribution >= 4 is 0 Å². The topological polar surface area (TPSA) is 41.5 Å². The van der Waals surface area contributed by atoms with Gasteiger partial charge in [0.1, 0.15) is 0 Å². The smallest absolute Gasteiger partial charge is 0.0693 e. The Morgan fingerprint density at radius 2 is 1.71 bits per heavy atom. The second-order valence-electron chi connectivity index (χ2n) is 4.51. The summed E-state index contributed by atoms with van der Waals surface area (Å²) in [6, 6.07) is 0.911. The molecule has 2 N–H and O–H groups in total.